The molecular weight excluding hydrogens is 220 g/mol. The Bertz CT molecular complexity index is 393. The maximum Gasteiger partial charge on any atom is 0.339 e. The minimum absolute atomic E-state index is 0.0279. The van der Waals surface area contributed by atoms with Crippen LogP contribution in [0.3, 0.4) is 0 Å². The minimum atomic E-state index is -0.972. The quantitative estimate of drug-likeness (QED) is 0.816. The van der Waals surface area contributed by atoms with Gasteiger partial charge in [-0.15, -0.1) is 0 Å². The van der Waals surface area contributed by atoms with Gasteiger partial charge in [-0.2, -0.15) is 0 Å². The van der Waals surface area contributed by atoms with Crippen molar-refractivity contribution in [3.8, 4) is 0 Å². The van der Waals surface area contributed by atoms with Crippen molar-refractivity contribution in [1.82, 2.24) is 9.97 Å². The number of carboxylic acid groups (broad SMARTS) is 1. The van der Waals surface area contributed by atoms with E-state index >= 15 is 0 Å². The number of hydrogen-bond donors (Lipinski definition) is 1. The molecule has 0 aliphatic heterocycles. The molecule has 0 fully saturated rings. The van der Waals surface area contributed by atoms with Gasteiger partial charge in [0.25, 0.3) is 0 Å². The topological polar surface area (TPSA) is 72.3 Å². The molecule has 0 radical (unpaired) electrons. The lowest BCUT2D eigenvalue weighted by Gasteiger charge is -2.10. The standard InChI is InChI=1S/C12H18N2O3/c1-4-5-10-9(12(15)16)7-13-11(14-10)6-8(2)17-3/h7-8H,4-6H2,1-3H3,(H,15,16). The Labute approximate surface area is 101 Å². The summed E-state index contributed by atoms with van der Waals surface area (Å²) in [5.41, 5.74) is 0.800. The molecule has 94 valence electrons. The van der Waals surface area contributed by atoms with E-state index in [4.69, 9.17) is 9.84 Å². The van der Waals surface area contributed by atoms with Crippen LogP contribution in [0.2, 0.25) is 0 Å². The van der Waals surface area contributed by atoms with E-state index in [1.807, 2.05) is 13.8 Å². The van der Waals surface area contributed by atoms with E-state index in [1.165, 1.54) is 6.20 Å². The van der Waals surface area contributed by atoms with Gasteiger partial charge in [0.15, 0.2) is 0 Å². The Morgan fingerprint density at radius 2 is 2.29 bits per heavy atom. The number of aromatic carboxylic acids is 1. The van der Waals surface area contributed by atoms with Crippen LogP contribution >= 0.6 is 0 Å². The van der Waals surface area contributed by atoms with Crippen LogP contribution in [0.1, 0.15) is 42.1 Å². The van der Waals surface area contributed by atoms with E-state index in [2.05, 4.69) is 9.97 Å². The van der Waals surface area contributed by atoms with Crippen LogP contribution in [-0.4, -0.2) is 34.3 Å². The van der Waals surface area contributed by atoms with Gasteiger partial charge in [-0.25, -0.2) is 14.8 Å². The molecule has 1 heterocycles. The first kappa shape index (κ1) is 13.6. The number of aryl methyl sites for hydroxylation is 1. The lowest BCUT2D eigenvalue weighted by Crippen LogP contribution is -2.14. The van der Waals surface area contributed by atoms with Crippen LogP contribution in [0.4, 0.5) is 0 Å². The van der Waals surface area contributed by atoms with Gasteiger partial charge in [0, 0.05) is 19.7 Å². The second-order valence-corrected chi connectivity index (χ2v) is 3.95. The first-order valence-corrected chi connectivity index (χ1v) is 5.69. The highest BCUT2D eigenvalue weighted by Gasteiger charge is 2.13. The second kappa shape index (κ2) is 6.30. The smallest absolute Gasteiger partial charge is 0.339 e. The Hall–Kier alpha value is -1.49. The summed E-state index contributed by atoms with van der Waals surface area (Å²) < 4.78 is 5.14. The predicted molar refractivity (Wildman–Crippen MR) is 63.2 cm³/mol. The van der Waals surface area contributed by atoms with E-state index < -0.39 is 5.97 Å². The molecule has 0 aromatic carbocycles. The van der Waals surface area contributed by atoms with Gasteiger partial charge in [-0.1, -0.05) is 13.3 Å². The molecule has 5 nitrogen and oxygen atoms in total. The van der Waals surface area contributed by atoms with E-state index in [1.54, 1.807) is 7.11 Å². The van der Waals surface area contributed by atoms with E-state index in [0.717, 1.165) is 6.42 Å². The predicted octanol–water partition coefficient (Wildman–Crippen LogP) is 1.70. The van der Waals surface area contributed by atoms with Gasteiger partial charge in [-0.3, -0.25) is 0 Å². The molecule has 1 N–H and O–H groups in total. The van der Waals surface area contributed by atoms with Crippen LogP contribution in [0.15, 0.2) is 6.20 Å². The van der Waals surface area contributed by atoms with Crippen molar-refractivity contribution < 1.29 is 14.6 Å². The molecule has 1 rings (SSSR count). The summed E-state index contributed by atoms with van der Waals surface area (Å²) in [6.45, 7) is 3.92. The molecule has 0 bridgehead atoms. The number of ether oxygens (including phenoxy) is 1. The first-order valence-electron chi connectivity index (χ1n) is 5.69. The number of carbonyl (C=O) groups is 1. The summed E-state index contributed by atoms with van der Waals surface area (Å²) in [6.07, 6.45) is 3.51. The zero-order valence-electron chi connectivity index (χ0n) is 10.4. The molecule has 0 aliphatic rings. The molecular formula is C12H18N2O3. The monoisotopic (exact) mass is 238 g/mol. The van der Waals surface area contributed by atoms with Gasteiger partial charge < -0.3 is 9.84 Å². The minimum Gasteiger partial charge on any atom is -0.478 e. The number of methoxy groups -OCH3 is 1. The fourth-order valence-electron chi connectivity index (χ4n) is 1.50. The van der Waals surface area contributed by atoms with Gasteiger partial charge in [0.1, 0.15) is 5.82 Å². The fraction of sp³-hybridized carbons (Fsp3) is 0.583. The van der Waals surface area contributed by atoms with E-state index in [0.29, 0.717) is 24.4 Å². The third kappa shape index (κ3) is 3.78. The third-order valence-electron chi connectivity index (χ3n) is 2.51. The molecule has 1 aromatic heterocycles. The van der Waals surface area contributed by atoms with Crippen molar-refractivity contribution in [3.05, 3.63) is 23.3 Å². The first-order chi connectivity index (χ1) is 8.08. The molecule has 1 atom stereocenters. The van der Waals surface area contributed by atoms with Crippen LogP contribution in [0, 0.1) is 0 Å². The summed E-state index contributed by atoms with van der Waals surface area (Å²) in [4.78, 5) is 19.3. The van der Waals surface area contributed by atoms with Crippen molar-refractivity contribution in [2.75, 3.05) is 7.11 Å². The summed E-state index contributed by atoms with van der Waals surface area (Å²) in [6, 6.07) is 0. The lowest BCUT2D eigenvalue weighted by molar-refractivity contribution is 0.0694. The molecule has 0 spiro atoms. The average Bonchev–Trinajstić information content (AvgIpc) is 2.29. The second-order valence-electron chi connectivity index (χ2n) is 3.95. The highest BCUT2D eigenvalue weighted by Crippen LogP contribution is 2.10. The number of rotatable bonds is 6. The normalized spacial score (nSPS) is 12.4. The number of nitrogens with zero attached hydrogens (tertiary/aromatic N) is 2. The van der Waals surface area contributed by atoms with Crippen LogP contribution in [0.5, 0.6) is 0 Å². The third-order valence-corrected chi connectivity index (χ3v) is 2.51. The molecule has 0 saturated heterocycles. The Balaban J connectivity index is 2.96. The molecule has 1 unspecified atom stereocenters. The van der Waals surface area contributed by atoms with Crippen molar-refractivity contribution in [1.29, 1.82) is 0 Å². The van der Waals surface area contributed by atoms with Crippen LogP contribution in [0.25, 0.3) is 0 Å². The average molecular weight is 238 g/mol. The molecule has 5 heteroatoms. The highest BCUT2D eigenvalue weighted by molar-refractivity contribution is 5.88. The van der Waals surface area contributed by atoms with Crippen molar-refractivity contribution in [2.24, 2.45) is 0 Å². The SMILES string of the molecule is CCCc1nc(CC(C)OC)ncc1C(=O)O. The molecule has 0 aliphatic carbocycles. The van der Waals surface area contributed by atoms with Gasteiger partial charge >= 0.3 is 5.97 Å². The van der Waals surface area contributed by atoms with Crippen molar-refractivity contribution in [2.45, 2.75) is 39.2 Å². The van der Waals surface area contributed by atoms with Crippen LogP contribution in [-0.2, 0) is 17.6 Å². The molecule has 0 amide bonds. The summed E-state index contributed by atoms with van der Waals surface area (Å²) in [5.74, 6) is -0.340. The largest absolute Gasteiger partial charge is 0.478 e. The zero-order valence-corrected chi connectivity index (χ0v) is 10.4. The fourth-order valence-corrected chi connectivity index (χ4v) is 1.50. The summed E-state index contributed by atoms with van der Waals surface area (Å²) >= 11 is 0. The maximum atomic E-state index is 11.0. The molecule has 0 saturated carbocycles. The maximum absolute atomic E-state index is 11.0. The molecule has 17 heavy (non-hydrogen) atoms. The van der Waals surface area contributed by atoms with Gasteiger partial charge in [0.05, 0.1) is 17.4 Å². The van der Waals surface area contributed by atoms with Crippen molar-refractivity contribution >= 4 is 5.97 Å². The number of hydrogen-bond acceptors (Lipinski definition) is 4. The molecule has 1 aromatic rings. The lowest BCUT2D eigenvalue weighted by atomic mass is 10.1. The van der Waals surface area contributed by atoms with E-state index in [-0.39, 0.29) is 11.7 Å². The Kier molecular flexibility index (Phi) is 5.03. The van der Waals surface area contributed by atoms with Crippen LogP contribution < -0.4 is 0 Å². The van der Waals surface area contributed by atoms with Crippen molar-refractivity contribution in [3.63, 3.8) is 0 Å². The highest BCUT2D eigenvalue weighted by atomic mass is 16.5. The number of carboxylic acids is 1. The van der Waals surface area contributed by atoms with Gasteiger partial charge in [-0.05, 0) is 13.3 Å². The van der Waals surface area contributed by atoms with Gasteiger partial charge in [0.2, 0.25) is 0 Å². The van der Waals surface area contributed by atoms with E-state index in [9.17, 15) is 4.79 Å². The number of aromatic nitrogens is 2. The summed E-state index contributed by atoms with van der Waals surface area (Å²) in [7, 11) is 1.63. The Morgan fingerprint density at radius 3 is 2.82 bits per heavy atom. The Morgan fingerprint density at radius 1 is 1.59 bits per heavy atom. The summed E-state index contributed by atoms with van der Waals surface area (Å²) in [5, 5.41) is 9.01. The zero-order chi connectivity index (χ0) is 12.8.